The van der Waals surface area contributed by atoms with Gasteiger partial charge in [-0.15, -0.1) is 0 Å². The first-order valence-corrected chi connectivity index (χ1v) is 7.13. The van der Waals surface area contributed by atoms with Gasteiger partial charge in [-0.3, -0.25) is 0 Å². The van der Waals surface area contributed by atoms with E-state index in [2.05, 4.69) is 19.2 Å². The largest absolute Gasteiger partial charge is 0.497 e. The first kappa shape index (κ1) is 16.8. The summed E-state index contributed by atoms with van der Waals surface area (Å²) in [7, 11) is 3.33. The lowest BCUT2D eigenvalue weighted by Gasteiger charge is -2.22. The lowest BCUT2D eigenvalue weighted by atomic mass is 10.0. The number of rotatable bonds is 9. The van der Waals surface area contributed by atoms with E-state index in [9.17, 15) is 0 Å². The van der Waals surface area contributed by atoms with Gasteiger partial charge in [-0.1, -0.05) is 13.8 Å². The maximum absolute atomic E-state index is 5.52. The van der Waals surface area contributed by atoms with Crippen LogP contribution in [0, 0.1) is 5.92 Å². The summed E-state index contributed by atoms with van der Waals surface area (Å²) in [4.78, 5) is 0. The number of hydrogen-bond acceptors (Lipinski definition) is 4. The zero-order valence-electron chi connectivity index (χ0n) is 13.2. The van der Waals surface area contributed by atoms with E-state index in [4.69, 9.17) is 14.2 Å². The zero-order chi connectivity index (χ0) is 15.0. The summed E-state index contributed by atoms with van der Waals surface area (Å²) in [5.41, 5.74) is 1.14. The molecule has 1 N–H and O–H groups in total. The second-order valence-corrected chi connectivity index (χ2v) is 5.11. The van der Waals surface area contributed by atoms with Crippen molar-refractivity contribution < 1.29 is 14.2 Å². The summed E-state index contributed by atoms with van der Waals surface area (Å²) in [6, 6.07) is 6.26. The van der Waals surface area contributed by atoms with Crippen molar-refractivity contribution in [1.82, 2.24) is 5.32 Å². The highest BCUT2D eigenvalue weighted by molar-refractivity contribution is 5.38. The Balaban J connectivity index is 2.66. The molecule has 1 rings (SSSR count). The maximum atomic E-state index is 5.52. The van der Waals surface area contributed by atoms with E-state index in [0.29, 0.717) is 12.0 Å². The molecule has 0 fully saturated rings. The molecule has 0 radical (unpaired) electrons. The topological polar surface area (TPSA) is 39.7 Å². The van der Waals surface area contributed by atoms with Crippen molar-refractivity contribution >= 4 is 0 Å². The Hall–Kier alpha value is -1.26. The third-order valence-electron chi connectivity index (χ3n) is 3.29. The van der Waals surface area contributed by atoms with Gasteiger partial charge < -0.3 is 19.5 Å². The lowest BCUT2D eigenvalue weighted by molar-refractivity contribution is 0.108. The molecular formula is C16H27NO3. The molecule has 1 atom stereocenters. The van der Waals surface area contributed by atoms with Gasteiger partial charge in [0.15, 0.2) is 0 Å². The quantitative estimate of drug-likeness (QED) is 0.755. The third kappa shape index (κ3) is 5.39. The molecule has 1 unspecified atom stereocenters. The monoisotopic (exact) mass is 281 g/mol. The molecular weight excluding hydrogens is 254 g/mol. The summed E-state index contributed by atoms with van der Waals surface area (Å²) in [6.07, 6.45) is 0. The minimum absolute atomic E-state index is 0.340. The molecule has 0 aliphatic carbocycles. The molecule has 0 aliphatic rings. The van der Waals surface area contributed by atoms with Crippen LogP contribution in [0.4, 0.5) is 0 Å². The lowest BCUT2D eigenvalue weighted by Crippen LogP contribution is -2.37. The average molecular weight is 281 g/mol. The van der Waals surface area contributed by atoms with Crippen LogP contribution >= 0.6 is 0 Å². The molecule has 0 saturated carbocycles. The van der Waals surface area contributed by atoms with Crippen LogP contribution in [0.15, 0.2) is 18.2 Å². The molecule has 1 aromatic rings. The zero-order valence-corrected chi connectivity index (χ0v) is 13.2. The molecule has 0 heterocycles. The number of benzene rings is 1. The molecule has 0 spiro atoms. The number of nitrogens with one attached hydrogen (secondary N) is 1. The molecule has 4 heteroatoms. The fourth-order valence-electron chi connectivity index (χ4n) is 1.95. The predicted octanol–water partition coefficient (Wildman–Crippen LogP) is 2.85. The Kier molecular flexibility index (Phi) is 7.41. The normalized spacial score (nSPS) is 12.5. The van der Waals surface area contributed by atoms with E-state index in [1.807, 2.05) is 25.1 Å². The number of methoxy groups -OCH3 is 2. The maximum Gasteiger partial charge on any atom is 0.122 e. The Morgan fingerprint density at radius 3 is 2.10 bits per heavy atom. The summed E-state index contributed by atoms with van der Waals surface area (Å²) in [5, 5.41) is 3.54. The first-order chi connectivity index (χ1) is 9.60. The van der Waals surface area contributed by atoms with Crippen LogP contribution in [0.1, 0.15) is 26.3 Å². The molecule has 114 valence electrons. The average Bonchev–Trinajstić information content (AvgIpc) is 2.46. The van der Waals surface area contributed by atoms with Crippen LogP contribution in [0.2, 0.25) is 0 Å². The molecule has 0 amide bonds. The van der Waals surface area contributed by atoms with Gasteiger partial charge in [-0.05, 0) is 30.5 Å². The highest BCUT2D eigenvalue weighted by atomic mass is 16.5. The van der Waals surface area contributed by atoms with Crippen molar-refractivity contribution in [3.05, 3.63) is 23.8 Å². The van der Waals surface area contributed by atoms with Gasteiger partial charge in [0.05, 0.1) is 20.8 Å². The van der Waals surface area contributed by atoms with Crippen LogP contribution in [-0.2, 0) is 11.3 Å². The van der Waals surface area contributed by atoms with Crippen molar-refractivity contribution in [3.8, 4) is 11.5 Å². The third-order valence-corrected chi connectivity index (χ3v) is 3.29. The van der Waals surface area contributed by atoms with Gasteiger partial charge in [0, 0.05) is 25.3 Å². The van der Waals surface area contributed by atoms with Gasteiger partial charge in [-0.25, -0.2) is 0 Å². The van der Waals surface area contributed by atoms with Crippen LogP contribution in [0.3, 0.4) is 0 Å². The van der Waals surface area contributed by atoms with E-state index in [-0.39, 0.29) is 0 Å². The van der Waals surface area contributed by atoms with Crippen molar-refractivity contribution in [3.63, 3.8) is 0 Å². The second-order valence-electron chi connectivity index (χ2n) is 5.11. The number of hydrogen-bond donors (Lipinski definition) is 1. The second kappa shape index (κ2) is 8.82. The first-order valence-electron chi connectivity index (χ1n) is 7.13. The van der Waals surface area contributed by atoms with E-state index < -0.39 is 0 Å². The standard InChI is InChI=1S/C16H27NO3/c1-6-20-11-16(12(2)3)17-10-13-7-14(18-4)9-15(8-13)19-5/h7-9,12,16-17H,6,10-11H2,1-5H3. The Bertz CT molecular complexity index is 371. The van der Waals surface area contributed by atoms with Gasteiger partial charge >= 0.3 is 0 Å². The van der Waals surface area contributed by atoms with E-state index in [1.54, 1.807) is 14.2 Å². The molecule has 20 heavy (non-hydrogen) atoms. The van der Waals surface area contributed by atoms with Crippen molar-refractivity contribution in [2.24, 2.45) is 5.92 Å². The van der Waals surface area contributed by atoms with Crippen LogP contribution in [-0.4, -0.2) is 33.5 Å². The molecule has 0 aromatic heterocycles. The summed E-state index contributed by atoms with van der Waals surface area (Å²) < 4.78 is 16.1. The Morgan fingerprint density at radius 2 is 1.65 bits per heavy atom. The van der Waals surface area contributed by atoms with Gasteiger partial charge in [0.1, 0.15) is 11.5 Å². The fraction of sp³-hybridized carbons (Fsp3) is 0.625. The summed E-state index contributed by atoms with van der Waals surface area (Å²) in [6.45, 7) is 8.66. The van der Waals surface area contributed by atoms with Gasteiger partial charge in [0.2, 0.25) is 0 Å². The Labute approximate surface area is 122 Å². The minimum Gasteiger partial charge on any atom is -0.497 e. The fourth-order valence-corrected chi connectivity index (χ4v) is 1.95. The molecule has 0 bridgehead atoms. The van der Waals surface area contributed by atoms with E-state index in [1.165, 1.54) is 0 Å². The summed E-state index contributed by atoms with van der Waals surface area (Å²) in [5.74, 6) is 2.15. The van der Waals surface area contributed by atoms with Crippen LogP contribution in [0.5, 0.6) is 11.5 Å². The van der Waals surface area contributed by atoms with Crippen molar-refractivity contribution in [2.75, 3.05) is 27.4 Å². The smallest absolute Gasteiger partial charge is 0.122 e. The Morgan fingerprint density at radius 1 is 1.05 bits per heavy atom. The molecule has 0 saturated heterocycles. The van der Waals surface area contributed by atoms with Crippen molar-refractivity contribution in [1.29, 1.82) is 0 Å². The highest BCUT2D eigenvalue weighted by Crippen LogP contribution is 2.22. The van der Waals surface area contributed by atoms with E-state index >= 15 is 0 Å². The van der Waals surface area contributed by atoms with E-state index in [0.717, 1.165) is 36.8 Å². The van der Waals surface area contributed by atoms with Crippen LogP contribution < -0.4 is 14.8 Å². The summed E-state index contributed by atoms with van der Waals surface area (Å²) >= 11 is 0. The van der Waals surface area contributed by atoms with Gasteiger partial charge in [-0.2, -0.15) is 0 Å². The minimum atomic E-state index is 0.340. The number of ether oxygens (including phenoxy) is 3. The van der Waals surface area contributed by atoms with Crippen LogP contribution in [0.25, 0.3) is 0 Å². The van der Waals surface area contributed by atoms with Crippen molar-refractivity contribution in [2.45, 2.75) is 33.4 Å². The predicted molar refractivity (Wildman–Crippen MR) is 81.5 cm³/mol. The highest BCUT2D eigenvalue weighted by Gasteiger charge is 2.13. The molecule has 4 nitrogen and oxygen atoms in total. The molecule has 1 aromatic carbocycles. The van der Waals surface area contributed by atoms with Gasteiger partial charge in [0.25, 0.3) is 0 Å². The molecule has 0 aliphatic heterocycles. The SMILES string of the molecule is CCOCC(NCc1cc(OC)cc(OC)c1)C(C)C.